The number of ether oxygens (including phenoxy) is 2. The van der Waals surface area contributed by atoms with Crippen molar-refractivity contribution >= 4 is 11.3 Å². The molecule has 5 heteroatoms. The molecule has 3 heterocycles. The van der Waals surface area contributed by atoms with Gasteiger partial charge in [-0.2, -0.15) is 0 Å². The van der Waals surface area contributed by atoms with Gasteiger partial charge in [0.05, 0.1) is 11.8 Å². The minimum absolute atomic E-state index is 0.294. The van der Waals surface area contributed by atoms with E-state index in [9.17, 15) is 0 Å². The lowest BCUT2D eigenvalue weighted by molar-refractivity contribution is -0.0721. The van der Waals surface area contributed by atoms with Crippen LogP contribution < -0.4 is 4.74 Å². The molecule has 4 rings (SSSR count). The highest BCUT2D eigenvalue weighted by Gasteiger charge is 2.24. The molecular formula is C18H28N2O2S. The summed E-state index contributed by atoms with van der Waals surface area (Å²) in [4.78, 5) is 8.75. The number of hydrogen-bond acceptors (Lipinski definition) is 5. The van der Waals surface area contributed by atoms with Crippen molar-refractivity contribution in [3.8, 4) is 5.19 Å². The Labute approximate surface area is 143 Å². The van der Waals surface area contributed by atoms with E-state index >= 15 is 0 Å². The molecule has 23 heavy (non-hydrogen) atoms. The Morgan fingerprint density at radius 3 is 2.87 bits per heavy atom. The summed E-state index contributed by atoms with van der Waals surface area (Å²) in [5.74, 6) is 0.974. The van der Waals surface area contributed by atoms with Crippen LogP contribution in [0.25, 0.3) is 0 Å². The average molecular weight is 337 g/mol. The molecule has 1 aromatic rings. The second-order valence-corrected chi connectivity index (χ2v) is 8.31. The van der Waals surface area contributed by atoms with Crippen LogP contribution in [0.15, 0.2) is 0 Å². The summed E-state index contributed by atoms with van der Waals surface area (Å²) >= 11 is 1.74. The van der Waals surface area contributed by atoms with E-state index in [0.717, 1.165) is 37.1 Å². The molecule has 1 atom stereocenters. The second-order valence-electron chi connectivity index (χ2n) is 7.26. The van der Waals surface area contributed by atoms with Crippen LogP contribution in [0.2, 0.25) is 0 Å². The monoisotopic (exact) mass is 336 g/mol. The van der Waals surface area contributed by atoms with E-state index in [1.54, 1.807) is 11.3 Å². The molecule has 2 aliphatic heterocycles. The molecule has 128 valence electrons. The molecule has 3 aliphatic rings. The Bertz CT molecular complexity index is 509. The minimum atomic E-state index is 0.294. The first-order valence-corrected chi connectivity index (χ1v) is 10.1. The third-order valence-corrected chi connectivity index (χ3v) is 6.62. The molecule has 2 fully saturated rings. The highest BCUT2D eigenvalue weighted by Crippen LogP contribution is 2.31. The summed E-state index contributed by atoms with van der Waals surface area (Å²) in [6.07, 6.45) is 11.2. The standard InChI is InChI=1S/C18H28N2O2S/c1-2-4-14(5-3-1)6-9-20-10-7-17-16(12-20)19-18(23-17)22-13-15-8-11-21-15/h14-15H,1-13H2. The fourth-order valence-corrected chi connectivity index (χ4v) is 4.82. The van der Waals surface area contributed by atoms with E-state index in [1.807, 2.05) is 0 Å². The number of nitrogens with zero attached hydrogens (tertiary/aromatic N) is 2. The second kappa shape index (κ2) is 7.49. The molecule has 1 saturated carbocycles. The van der Waals surface area contributed by atoms with Gasteiger partial charge in [-0.1, -0.05) is 43.4 Å². The third kappa shape index (κ3) is 4.06. The van der Waals surface area contributed by atoms with Crippen LogP contribution in [0.5, 0.6) is 5.19 Å². The molecule has 1 aromatic heterocycles. The molecular weight excluding hydrogens is 308 g/mol. The van der Waals surface area contributed by atoms with E-state index in [1.165, 1.54) is 62.2 Å². The predicted octanol–water partition coefficient (Wildman–Crippen LogP) is 3.64. The van der Waals surface area contributed by atoms with Gasteiger partial charge in [0.2, 0.25) is 0 Å². The van der Waals surface area contributed by atoms with Crippen LogP contribution in [0.4, 0.5) is 0 Å². The van der Waals surface area contributed by atoms with Crippen LogP contribution in [0.3, 0.4) is 0 Å². The topological polar surface area (TPSA) is 34.6 Å². The van der Waals surface area contributed by atoms with Gasteiger partial charge in [-0.05, 0) is 25.3 Å². The third-order valence-electron chi connectivity index (χ3n) is 5.55. The van der Waals surface area contributed by atoms with Crippen LogP contribution >= 0.6 is 11.3 Å². The Balaban J connectivity index is 1.25. The molecule has 1 aliphatic carbocycles. The number of rotatable bonds is 6. The van der Waals surface area contributed by atoms with Crippen molar-refractivity contribution in [2.75, 3.05) is 26.3 Å². The van der Waals surface area contributed by atoms with E-state index in [-0.39, 0.29) is 0 Å². The minimum Gasteiger partial charge on any atom is -0.467 e. The van der Waals surface area contributed by atoms with Gasteiger partial charge in [-0.3, -0.25) is 4.90 Å². The van der Waals surface area contributed by atoms with Crippen LogP contribution in [-0.4, -0.2) is 42.3 Å². The number of fused-ring (bicyclic) bond motifs is 1. The molecule has 1 unspecified atom stereocenters. The smallest absolute Gasteiger partial charge is 0.273 e. The summed E-state index contributed by atoms with van der Waals surface area (Å²) in [6, 6.07) is 0. The number of hydrogen-bond donors (Lipinski definition) is 0. The summed E-state index contributed by atoms with van der Waals surface area (Å²) in [6.45, 7) is 5.00. The summed E-state index contributed by atoms with van der Waals surface area (Å²) in [7, 11) is 0. The van der Waals surface area contributed by atoms with Gasteiger partial charge in [0.25, 0.3) is 5.19 Å². The fourth-order valence-electron chi connectivity index (χ4n) is 3.90. The Morgan fingerprint density at radius 1 is 1.22 bits per heavy atom. The van der Waals surface area contributed by atoms with Gasteiger partial charge in [0.15, 0.2) is 0 Å². The number of aromatic nitrogens is 1. The fraction of sp³-hybridized carbons (Fsp3) is 0.833. The Hall–Kier alpha value is -0.650. The van der Waals surface area contributed by atoms with E-state index in [2.05, 4.69) is 4.90 Å². The van der Waals surface area contributed by atoms with Gasteiger partial charge < -0.3 is 9.47 Å². The van der Waals surface area contributed by atoms with Crippen LogP contribution in [0.1, 0.15) is 55.5 Å². The normalized spacial score (nSPS) is 25.8. The maximum atomic E-state index is 5.82. The first kappa shape index (κ1) is 15.9. The average Bonchev–Trinajstić information content (AvgIpc) is 2.94. The zero-order valence-electron chi connectivity index (χ0n) is 14.0. The zero-order valence-corrected chi connectivity index (χ0v) is 14.8. The molecule has 4 nitrogen and oxygen atoms in total. The molecule has 1 saturated heterocycles. The molecule has 0 radical (unpaired) electrons. The van der Waals surface area contributed by atoms with Gasteiger partial charge in [-0.15, -0.1) is 0 Å². The Kier molecular flexibility index (Phi) is 5.16. The van der Waals surface area contributed by atoms with Gasteiger partial charge in [0.1, 0.15) is 6.61 Å². The van der Waals surface area contributed by atoms with Crippen molar-refractivity contribution in [3.05, 3.63) is 10.6 Å². The molecule has 0 amide bonds. The van der Waals surface area contributed by atoms with Crippen molar-refractivity contribution in [2.24, 2.45) is 5.92 Å². The lowest BCUT2D eigenvalue weighted by Gasteiger charge is -2.29. The highest BCUT2D eigenvalue weighted by molar-refractivity contribution is 7.13. The first-order valence-electron chi connectivity index (χ1n) is 9.32. The van der Waals surface area contributed by atoms with Gasteiger partial charge in [-0.25, -0.2) is 4.98 Å². The summed E-state index contributed by atoms with van der Waals surface area (Å²) < 4.78 is 11.2. The van der Waals surface area contributed by atoms with Crippen molar-refractivity contribution < 1.29 is 9.47 Å². The van der Waals surface area contributed by atoms with Crippen LogP contribution in [0, 0.1) is 5.92 Å². The largest absolute Gasteiger partial charge is 0.467 e. The maximum absolute atomic E-state index is 5.82. The first-order chi connectivity index (χ1) is 11.4. The highest BCUT2D eigenvalue weighted by atomic mass is 32.1. The van der Waals surface area contributed by atoms with Gasteiger partial charge in [0, 0.05) is 31.0 Å². The van der Waals surface area contributed by atoms with E-state index in [4.69, 9.17) is 14.5 Å². The lowest BCUT2D eigenvalue weighted by Crippen LogP contribution is -2.32. The van der Waals surface area contributed by atoms with Crippen molar-refractivity contribution in [2.45, 2.75) is 64.0 Å². The molecule has 0 aromatic carbocycles. The number of thiazole rings is 1. The quantitative estimate of drug-likeness (QED) is 0.794. The summed E-state index contributed by atoms with van der Waals surface area (Å²) in [5.41, 5.74) is 1.26. The predicted molar refractivity (Wildman–Crippen MR) is 92.1 cm³/mol. The molecule has 0 bridgehead atoms. The van der Waals surface area contributed by atoms with Crippen molar-refractivity contribution in [3.63, 3.8) is 0 Å². The van der Waals surface area contributed by atoms with Crippen LogP contribution in [-0.2, 0) is 17.7 Å². The lowest BCUT2D eigenvalue weighted by atomic mass is 9.87. The van der Waals surface area contributed by atoms with Gasteiger partial charge >= 0.3 is 0 Å². The van der Waals surface area contributed by atoms with Crippen molar-refractivity contribution in [1.82, 2.24) is 9.88 Å². The zero-order chi connectivity index (χ0) is 15.5. The van der Waals surface area contributed by atoms with E-state index < -0.39 is 0 Å². The maximum Gasteiger partial charge on any atom is 0.273 e. The van der Waals surface area contributed by atoms with E-state index in [0.29, 0.717) is 12.7 Å². The molecule has 0 N–H and O–H groups in total. The molecule has 0 spiro atoms. The summed E-state index contributed by atoms with van der Waals surface area (Å²) in [5, 5.41) is 0.847. The SMILES string of the molecule is C1CCC(CCN2CCc3sc(OCC4CCO4)nc3C2)CC1. The van der Waals surface area contributed by atoms with Crippen molar-refractivity contribution in [1.29, 1.82) is 0 Å². The Morgan fingerprint density at radius 2 is 2.09 bits per heavy atom.